The number of rotatable bonds is 17. The van der Waals surface area contributed by atoms with E-state index in [1.54, 1.807) is 7.11 Å². The molecule has 0 aliphatic carbocycles. The Bertz CT molecular complexity index is 399. The molecule has 0 unspecified atom stereocenters. The first-order valence-electron chi connectivity index (χ1n) is 9.00. The van der Waals surface area contributed by atoms with E-state index in [9.17, 15) is 0 Å². The Morgan fingerprint density at radius 3 is 1.84 bits per heavy atom. The summed E-state index contributed by atoms with van der Waals surface area (Å²) in [6.07, 6.45) is 3.27. The normalized spacial score (nSPS) is 11.0. The van der Waals surface area contributed by atoms with Crippen LogP contribution in [0.2, 0.25) is 0 Å². The van der Waals surface area contributed by atoms with Crippen LogP contribution in [0.1, 0.15) is 18.4 Å². The second-order valence-corrected chi connectivity index (χ2v) is 5.57. The number of hydrogen-bond acceptors (Lipinski definition) is 6. The first kappa shape index (κ1) is 21.9. The quantitative estimate of drug-likeness (QED) is 0.431. The third-order valence-electron chi connectivity index (χ3n) is 3.52. The molecule has 6 nitrogen and oxygen atoms in total. The maximum absolute atomic E-state index is 5.65. The molecular weight excluding hydrogens is 322 g/mol. The van der Waals surface area contributed by atoms with Gasteiger partial charge in [-0.3, -0.25) is 0 Å². The van der Waals surface area contributed by atoms with Crippen molar-refractivity contribution in [3.05, 3.63) is 29.8 Å². The molecule has 6 heteroatoms. The molecule has 0 aliphatic rings. The minimum atomic E-state index is 0.534. The van der Waals surface area contributed by atoms with Crippen molar-refractivity contribution in [2.75, 3.05) is 66.5 Å². The van der Waals surface area contributed by atoms with E-state index in [1.165, 1.54) is 5.56 Å². The van der Waals surface area contributed by atoms with Crippen LogP contribution >= 0.6 is 0 Å². The number of aryl methyl sites for hydroxylation is 1. The summed E-state index contributed by atoms with van der Waals surface area (Å²) < 4.78 is 26.7. The van der Waals surface area contributed by atoms with Crippen molar-refractivity contribution in [1.82, 2.24) is 0 Å². The fourth-order valence-electron chi connectivity index (χ4n) is 2.13. The number of methoxy groups -OCH3 is 1. The molecule has 0 radical (unpaired) electrons. The van der Waals surface area contributed by atoms with Gasteiger partial charge < -0.3 is 29.4 Å². The molecule has 144 valence electrons. The van der Waals surface area contributed by atoms with Crippen LogP contribution in [0.25, 0.3) is 0 Å². The highest BCUT2D eigenvalue weighted by atomic mass is 16.6. The third-order valence-corrected chi connectivity index (χ3v) is 3.52. The third kappa shape index (κ3) is 12.8. The fourth-order valence-corrected chi connectivity index (χ4v) is 2.13. The average Bonchev–Trinajstić information content (AvgIpc) is 2.64. The lowest BCUT2D eigenvalue weighted by Gasteiger charge is -2.09. The molecule has 0 amide bonds. The molecule has 0 aliphatic heterocycles. The van der Waals surface area contributed by atoms with E-state index >= 15 is 0 Å². The Labute approximate surface area is 151 Å². The van der Waals surface area contributed by atoms with Crippen molar-refractivity contribution >= 4 is 0 Å². The SMILES string of the molecule is COCCOCCOCCOCCOc1ccc(CCCCN)cc1. The summed E-state index contributed by atoms with van der Waals surface area (Å²) in [5.74, 6) is 0.871. The molecule has 25 heavy (non-hydrogen) atoms. The molecule has 0 saturated carbocycles. The summed E-state index contributed by atoms with van der Waals surface area (Å²) in [7, 11) is 1.65. The van der Waals surface area contributed by atoms with Gasteiger partial charge in [-0.2, -0.15) is 0 Å². The van der Waals surface area contributed by atoms with Gasteiger partial charge in [0, 0.05) is 7.11 Å². The van der Waals surface area contributed by atoms with Gasteiger partial charge in [0.15, 0.2) is 0 Å². The van der Waals surface area contributed by atoms with Gasteiger partial charge in [0.05, 0.1) is 46.2 Å². The highest BCUT2D eigenvalue weighted by Crippen LogP contribution is 2.13. The highest BCUT2D eigenvalue weighted by molar-refractivity contribution is 5.27. The van der Waals surface area contributed by atoms with Crippen LogP contribution in [0.3, 0.4) is 0 Å². The van der Waals surface area contributed by atoms with Crippen molar-refractivity contribution in [2.24, 2.45) is 5.73 Å². The molecule has 0 spiro atoms. The molecule has 0 heterocycles. The number of benzene rings is 1. The topological polar surface area (TPSA) is 72.2 Å². The summed E-state index contributed by atoms with van der Waals surface area (Å²) in [6, 6.07) is 8.22. The van der Waals surface area contributed by atoms with Gasteiger partial charge in [0.25, 0.3) is 0 Å². The van der Waals surface area contributed by atoms with E-state index in [0.717, 1.165) is 31.6 Å². The summed E-state index contributed by atoms with van der Waals surface area (Å²) in [5.41, 5.74) is 6.82. The molecule has 1 aromatic rings. The van der Waals surface area contributed by atoms with E-state index in [4.69, 9.17) is 29.4 Å². The van der Waals surface area contributed by atoms with Crippen LogP contribution in [0.4, 0.5) is 0 Å². The average molecular weight is 355 g/mol. The van der Waals surface area contributed by atoms with Gasteiger partial charge >= 0.3 is 0 Å². The molecule has 1 rings (SSSR count). The smallest absolute Gasteiger partial charge is 0.119 e. The minimum Gasteiger partial charge on any atom is -0.491 e. The zero-order valence-corrected chi connectivity index (χ0v) is 15.4. The molecular formula is C19H33NO5. The number of hydrogen-bond donors (Lipinski definition) is 1. The highest BCUT2D eigenvalue weighted by Gasteiger charge is 1.97. The Balaban J connectivity index is 1.91. The lowest BCUT2D eigenvalue weighted by atomic mass is 10.1. The van der Waals surface area contributed by atoms with Gasteiger partial charge in [-0.05, 0) is 43.5 Å². The van der Waals surface area contributed by atoms with E-state index in [0.29, 0.717) is 52.9 Å². The van der Waals surface area contributed by atoms with Gasteiger partial charge in [0.1, 0.15) is 12.4 Å². The van der Waals surface area contributed by atoms with Crippen LogP contribution < -0.4 is 10.5 Å². The summed E-state index contributed by atoms with van der Waals surface area (Å²) in [4.78, 5) is 0. The summed E-state index contributed by atoms with van der Waals surface area (Å²) in [6.45, 7) is 5.32. The Kier molecular flexibility index (Phi) is 14.3. The molecule has 0 aromatic heterocycles. The predicted molar refractivity (Wildman–Crippen MR) is 98.3 cm³/mol. The second-order valence-electron chi connectivity index (χ2n) is 5.57. The lowest BCUT2D eigenvalue weighted by molar-refractivity contribution is 0.000163. The number of nitrogens with two attached hydrogens (primary N) is 1. The zero-order chi connectivity index (χ0) is 18.0. The van der Waals surface area contributed by atoms with Crippen LogP contribution in [0.15, 0.2) is 24.3 Å². The van der Waals surface area contributed by atoms with E-state index < -0.39 is 0 Å². The molecule has 0 fully saturated rings. The van der Waals surface area contributed by atoms with Gasteiger partial charge in [-0.25, -0.2) is 0 Å². The summed E-state index contributed by atoms with van der Waals surface area (Å²) in [5, 5.41) is 0. The Hall–Kier alpha value is -1.18. The molecule has 1 aromatic carbocycles. The van der Waals surface area contributed by atoms with E-state index in [-0.39, 0.29) is 0 Å². The van der Waals surface area contributed by atoms with Crippen molar-refractivity contribution in [3.8, 4) is 5.75 Å². The second kappa shape index (κ2) is 16.3. The van der Waals surface area contributed by atoms with Crippen LogP contribution in [0.5, 0.6) is 5.75 Å². The largest absolute Gasteiger partial charge is 0.491 e. The van der Waals surface area contributed by atoms with Crippen LogP contribution in [-0.2, 0) is 25.4 Å². The van der Waals surface area contributed by atoms with Gasteiger partial charge in [-0.1, -0.05) is 12.1 Å². The monoisotopic (exact) mass is 355 g/mol. The summed E-state index contributed by atoms with van der Waals surface area (Å²) >= 11 is 0. The van der Waals surface area contributed by atoms with Gasteiger partial charge in [0.2, 0.25) is 0 Å². The van der Waals surface area contributed by atoms with Crippen molar-refractivity contribution < 1.29 is 23.7 Å². The van der Waals surface area contributed by atoms with E-state index in [2.05, 4.69) is 12.1 Å². The Morgan fingerprint density at radius 2 is 1.28 bits per heavy atom. The first-order valence-corrected chi connectivity index (χ1v) is 9.00. The fraction of sp³-hybridized carbons (Fsp3) is 0.684. The van der Waals surface area contributed by atoms with Crippen LogP contribution in [0, 0.1) is 0 Å². The van der Waals surface area contributed by atoms with E-state index in [1.807, 2.05) is 12.1 Å². The maximum atomic E-state index is 5.65. The Morgan fingerprint density at radius 1 is 0.720 bits per heavy atom. The van der Waals surface area contributed by atoms with Gasteiger partial charge in [-0.15, -0.1) is 0 Å². The van der Waals surface area contributed by atoms with Crippen molar-refractivity contribution in [1.29, 1.82) is 0 Å². The minimum absolute atomic E-state index is 0.534. The number of ether oxygens (including phenoxy) is 5. The molecule has 2 N–H and O–H groups in total. The molecule has 0 saturated heterocycles. The standard InChI is InChI=1S/C19H33NO5/c1-21-10-11-22-12-13-23-14-15-24-16-17-25-19-7-5-18(6-8-19)4-2-3-9-20/h5-8H,2-4,9-17,20H2,1H3. The zero-order valence-electron chi connectivity index (χ0n) is 15.4. The number of unbranched alkanes of at least 4 members (excludes halogenated alkanes) is 1. The molecule has 0 atom stereocenters. The van der Waals surface area contributed by atoms with Crippen molar-refractivity contribution in [2.45, 2.75) is 19.3 Å². The maximum Gasteiger partial charge on any atom is 0.119 e. The lowest BCUT2D eigenvalue weighted by Crippen LogP contribution is -2.13. The van der Waals surface area contributed by atoms with Crippen molar-refractivity contribution in [3.63, 3.8) is 0 Å². The first-order chi connectivity index (χ1) is 12.4. The molecule has 0 bridgehead atoms. The predicted octanol–water partition coefficient (Wildman–Crippen LogP) is 2.04. The van der Waals surface area contributed by atoms with Crippen LogP contribution in [-0.4, -0.2) is 66.5 Å².